The van der Waals surface area contributed by atoms with Gasteiger partial charge < -0.3 is 10.4 Å². The SMILES string of the molecule is CC(C)C(Nc1cnc(C(=O)O)cn1)c1ccccc1. The molecule has 1 aromatic heterocycles. The van der Waals surface area contributed by atoms with Gasteiger partial charge in [0.1, 0.15) is 5.82 Å². The molecule has 0 saturated heterocycles. The lowest BCUT2D eigenvalue weighted by Crippen LogP contribution is -2.18. The summed E-state index contributed by atoms with van der Waals surface area (Å²) in [5.41, 5.74) is 1.10. The van der Waals surface area contributed by atoms with Crippen LogP contribution in [0.2, 0.25) is 0 Å². The molecule has 1 heterocycles. The van der Waals surface area contributed by atoms with Crippen LogP contribution in [-0.2, 0) is 0 Å². The summed E-state index contributed by atoms with van der Waals surface area (Å²) in [4.78, 5) is 18.7. The van der Waals surface area contributed by atoms with Crippen LogP contribution < -0.4 is 5.32 Å². The Hall–Kier alpha value is -2.43. The molecule has 0 spiro atoms. The van der Waals surface area contributed by atoms with Crippen LogP contribution in [0.5, 0.6) is 0 Å². The average molecular weight is 271 g/mol. The first kappa shape index (κ1) is 14.0. The Balaban J connectivity index is 2.19. The number of rotatable bonds is 5. The lowest BCUT2D eigenvalue weighted by molar-refractivity contribution is 0.0690. The first-order chi connectivity index (χ1) is 9.58. The maximum absolute atomic E-state index is 10.7. The lowest BCUT2D eigenvalue weighted by Gasteiger charge is -2.23. The van der Waals surface area contributed by atoms with E-state index in [0.29, 0.717) is 11.7 Å². The summed E-state index contributed by atoms with van der Waals surface area (Å²) in [5.74, 6) is -0.150. The van der Waals surface area contributed by atoms with Gasteiger partial charge in [-0.05, 0) is 11.5 Å². The molecule has 0 radical (unpaired) electrons. The minimum atomic E-state index is -1.08. The zero-order chi connectivity index (χ0) is 14.5. The van der Waals surface area contributed by atoms with Crippen molar-refractivity contribution in [2.24, 2.45) is 5.92 Å². The summed E-state index contributed by atoms with van der Waals surface area (Å²) in [6, 6.07) is 10.2. The molecule has 1 aromatic carbocycles. The molecular weight excluding hydrogens is 254 g/mol. The van der Waals surface area contributed by atoms with Gasteiger partial charge in [-0.25, -0.2) is 14.8 Å². The number of hydrogen-bond acceptors (Lipinski definition) is 4. The fourth-order valence-corrected chi connectivity index (χ4v) is 1.97. The minimum absolute atomic E-state index is 0.0589. The summed E-state index contributed by atoms with van der Waals surface area (Å²) in [6.45, 7) is 4.23. The molecule has 2 aromatic rings. The number of nitrogens with one attached hydrogen (secondary N) is 1. The molecule has 0 aliphatic carbocycles. The second-order valence-corrected chi connectivity index (χ2v) is 4.87. The highest BCUT2D eigenvalue weighted by Gasteiger charge is 2.16. The molecule has 1 atom stereocenters. The van der Waals surface area contributed by atoms with E-state index >= 15 is 0 Å². The van der Waals surface area contributed by atoms with Gasteiger partial charge >= 0.3 is 5.97 Å². The number of anilines is 1. The van der Waals surface area contributed by atoms with Gasteiger partial charge in [0.05, 0.1) is 18.4 Å². The zero-order valence-corrected chi connectivity index (χ0v) is 11.4. The number of hydrogen-bond donors (Lipinski definition) is 2. The predicted octanol–water partition coefficient (Wildman–Crippen LogP) is 2.98. The fraction of sp³-hybridized carbons (Fsp3) is 0.267. The van der Waals surface area contributed by atoms with Gasteiger partial charge in [-0.2, -0.15) is 0 Å². The van der Waals surface area contributed by atoms with E-state index < -0.39 is 5.97 Å². The van der Waals surface area contributed by atoms with Crippen LogP contribution in [0.1, 0.15) is 35.9 Å². The number of aromatic nitrogens is 2. The van der Waals surface area contributed by atoms with Gasteiger partial charge in [0.15, 0.2) is 5.69 Å². The minimum Gasteiger partial charge on any atom is -0.476 e. The third-order valence-corrected chi connectivity index (χ3v) is 3.00. The Morgan fingerprint density at radius 1 is 1.15 bits per heavy atom. The molecule has 20 heavy (non-hydrogen) atoms. The van der Waals surface area contributed by atoms with Crippen LogP contribution >= 0.6 is 0 Å². The van der Waals surface area contributed by atoms with Crippen molar-refractivity contribution < 1.29 is 9.90 Å². The fourth-order valence-electron chi connectivity index (χ4n) is 1.97. The number of carboxylic acid groups (broad SMARTS) is 1. The largest absolute Gasteiger partial charge is 0.476 e. The van der Waals surface area contributed by atoms with Crippen molar-refractivity contribution in [2.45, 2.75) is 19.9 Å². The topological polar surface area (TPSA) is 75.1 Å². The standard InChI is InChI=1S/C15H17N3O2/c1-10(2)14(11-6-4-3-5-7-11)18-13-9-16-12(8-17-13)15(19)20/h3-10,14H,1-2H3,(H,17,18)(H,19,20). The molecule has 0 aliphatic rings. The number of nitrogens with zero attached hydrogens (tertiary/aromatic N) is 2. The Morgan fingerprint density at radius 3 is 2.35 bits per heavy atom. The summed E-state index contributed by atoms with van der Waals surface area (Å²) in [5, 5.41) is 12.1. The van der Waals surface area contributed by atoms with E-state index in [1.54, 1.807) is 0 Å². The highest BCUT2D eigenvalue weighted by atomic mass is 16.4. The first-order valence-electron chi connectivity index (χ1n) is 6.44. The molecule has 0 amide bonds. The van der Waals surface area contributed by atoms with Gasteiger partial charge in [-0.1, -0.05) is 44.2 Å². The average Bonchev–Trinajstić information content (AvgIpc) is 2.46. The maximum Gasteiger partial charge on any atom is 0.356 e. The quantitative estimate of drug-likeness (QED) is 0.874. The number of carboxylic acids is 1. The molecule has 2 rings (SSSR count). The zero-order valence-electron chi connectivity index (χ0n) is 11.4. The predicted molar refractivity (Wildman–Crippen MR) is 76.6 cm³/mol. The first-order valence-corrected chi connectivity index (χ1v) is 6.44. The normalized spacial score (nSPS) is 12.2. The van der Waals surface area contributed by atoms with Crippen molar-refractivity contribution in [3.63, 3.8) is 0 Å². The third kappa shape index (κ3) is 3.32. The van der Waals surface area contributed by atoms with E-state index in [1.165, 1.54) is 12.4 Å². The molecule has 5 nitrogen and oxygen atoms in total. The van der Waals surface area contributed by atoms with Crippen molar-refractivity contribution in [3.8, 4) is 0 Å². The molecule has 0 fully saturated rings. The van der Waals surface area contributed by atoms with Crippen LogP contribution in [0.15, 0.2) is 42.7 Å². The second kappa shape index (κ2) is 6.14. The van der Waals surface area contributed by atoms with Gasteiger partial charge in [0, 0.05) is 0 Å². The molecule has 5 heteroatoms. The van der Waals surface area contributed by atoms with Crippen LogP contribution in [0.4, 0.5) is 5.82 Å². The van der Waals surface area contributed by atoms with E-state index in [4.69, 9.17) is 5.11 Å². The van der Waals surface area contributed by atoms with E-state index in [1.807, 2.05) is 18.2 Å². The molecular formula is C15H17N3O2. The van der Waals surface area contributed by atoms with E-state index in [-0.39, 0.29) is 11.7 Å². The molecule has 0 saturated carbocycles. The van der Waals surface area contributed by atoms with E-state index in [0.717, 1.165) is 5.56 Å². The van der Waals surface area contributed by atoms with E-state index in [2.05, 4.69) is 41.3 Å². The summed E-state index contributed by atoms with van der Waals surface area (Å²) in [7, 11) is 0. The van der Waals surface area contributed by atoms with Gasteiger partial charge in [0.2, 0.25) is 0 Å². The maximum atomic E-state index is 10.7. The van der Waals surface area contributed by atoms with Crippen molar-refractivity contribution in [1.82, 2.24) is 9.97 Å². The Bertz CT molecular complexity index is 567. The smallest absolute Gasteiger partial charge is 0.356 e. The molecule has 2 N–H and O–H groups in total. The lowest BCUT2D eigenvalue weighted by atomic mass is 9.96. The highest BCUT2D eigenvalue weighted by Crippen LogP contribution is 2.25. The highest BCUT2D eigenvalue weighted by molar-refractivity contribution is 5.84. The summed E-state index contributed by atoms with van der Waals surface area (Å²) >= 11 is 0. The second-order valence-electron chi connectivity index (χ2n) is 4.87. The number of carbonyl (C=O) groups is 1. The molecule has 104 valence electrons. The van der Waals surface area contributed by atoms with Gasteiger partial charge in [-0.15, -0.1) is 0 Å². The van der Waals surface area contributed by atoms with Crippen molar-refractivity contribution in [2.75, 3.05) is 5.32 Å². The van der Waals surface area contributed by atoms with Crippen molar-refractivity contribution in [1.29, 1.82) is 0 Å². The van der Waals surface area contributed by atoms with Crippen LogP contribution in [0.3, 0.4) is 0 Å². The van der Waals surface area contributed by atoms with Crippen LogP contribution in [-0.4, -0.2) is 21.0 Å². The van der Waals surface area contributed by atoms with Crippen molar-refractivity contribution in [3.05, 3.63) is 54.0 Å². The van der Waals surface area contributed by atoms with Crippen molar-refractivity contribution >= 4 is 11.8 Å². The summed E-state index contributed by atoms with van der Waals surface area (Å²) < 4.78 is 0. The molecule has 0 bridgehead atoms. The number of aromatic carboxylic acids is 1. The number of benzene rings is 1. The van der Waals surface area contributed by atoms with Gasteiger partial charge in [0.25, 0.3) is 0 Å². The Kier molecular flexibility index (Phi) is 4.30. The van der Waals surface area contributed by atoms with E-state index in [9.17, 15) is 4.79 Å². The Morgan fingerprint density at radius 2 is 1.85 bits per heavy atom. The monoisotopic (exact) mass is 271 g/mol. The Labute approximate surface area is 117 Å². The van der Waals surface area contributed by atoms with Crippen LogP contribution in [0, 0.1) is 5.92 Å². The van der Waals surface area contributed by atoms with Gasteiger partial charge in [-0.3, -0.25) is 0 Å². The van der Waals surface area contributed by atoms with Crippen LogP contribution in [0.25, 0.3) is 0 Å². The summed E-state index contributed by atoms with van der Waals surface area (Å²) in [6.07, 6.45) is 2.70. The molecule has 1 unspecified atom stereocenters. The molecule has 0 aliphatic heterocycles. The third-order valence-electron chi connectivity index (χ3n) is 3.00.